The number of sulfonamides is 1. The van der Waals surface area contributed by atoms with Crippen LogP contribution >= 0.6 is 0 Å². The van der Waals surface area contributed by atoms with Gasteiger partial charge in [0.25, 0.3) is 0 Å². The molecule has 0 aliphatic carbocycles. The quantitative estimate of drug-likeness (QED) is 0.749. The van der Waals surface area contributed by atoms with Gasteiger partial charge in [-0.15, -0.1) is 0 Å². The van der Waals surface area contributed by atoms with Crippen LogP contribution in [0, 0.1) is 0 Å². The van der Waals surface area contributed by atoms with E-state index in [4.69, 9.17) is 0 Å². The zero-order valence-electron chi connectivity index (χ0n) is 12.5. The first-order valence-corrected chi connectivity index (χ1v) is 8.97. The van der Waals surface area contributed by atoms with Crippen molar-refractivity contribution < 1.29 is 13.5 Å². The zero-order valence-corrected chi connectivity index (χ0v) is 13.3. The van der Waals surface area contributed by atoms with E-state index in [9.17, 15) is 13.5 Å². The molecular formula is C15H24N2O3S. The molecule has 1 heterocycles. The topological polar surface area (TPSA) is 69.6 Å². The van der Waals surface area contributed by atoms with Crippen LogP contribution in [0.5, 0.6) is 0 Å². The molecule has 2 N–H and O–H groups in total. The third-order valence-electron chi connectivity index (χ3n) is 3.81. The van der Waals surface area contributed by atoms with Crippen LogP contribution in [0.1, 0.15) is 37.9 Å². The normalized spacial score (nSPS) is 18.0. The molecule has 0 radical (unpaired) electrons. The molecule has 1 fully saturated rings. The Morgan fingerprint density at radius 3 is 2.43 bits per heavy atom. The summed E-state index contributed by atoms with van der Waals surface area (Å²) in [4.78, 5) is 2.61. The fourth-order valence-electron chi connectivity index (χ4n) is 2.52. The molecule has 6 heteroatoms. The molecule has 21 heavy (non-hydrogen) atoms. The molecular weight excluding hydrogens is 288 g/mol. The number of benzene rings is 1. The van der Waals surface area contributed by atoms with E-state index in [0.29, 0.717) is 12.1 Å². The first-order valence-electron chi connectivity index (χ1n) is 7.49. The van der Waals surface area contributed by atoms with Crippen molar-refractivity contribution in [1.29, 1.82) is 0 Å². The van der Waals surface area contributed by atoms with Gasteiger partial charge in [0.05, 0.1) is 11.0 Å². The number of aliphatic hydroxyl groups is 1. The second-order valence-electron chi connectivity index (χ2n) is 5.55. The molecule has 1 unspecified atom stereocenters. The second kappa shape index (κ2) is 7.35. The van der Waals surface area contributed by atoms with Crippen molar-refractivity contribution in [2.45, 2.75) is 37.2 Å². The fourth-order valence-corrected chi connectivity index (χ4v) is 3.60. The molecule has 0 saturated carbocycles. The van der Waals surface area contributed by atoms with Crippen molar-refractivity contribution in [2.24, 2.45) is 0 Å². The Kier molecular flexibility index (Phi) is 5.75. The predicted octanol–water partition coefficient (Wildman–Crippen LogP) is 1.50. The van der Waals surface area contributed by atoms with Crippen molar-refractivity contribution in [2.75, 3.05) is 26.2 Å². The SMILES string of the molecule is CC(O)c1ccc(S(=O)(=O)NCCCN2CCCC2)cc1. The maximum absolute atomic E-state index is 12.1. The van der Waals surface area contributed by atoms with E-state index in [2.05, 4.69) is 9.62 Å². The van der Waals surface area contributed by atoms with Gasteiger partial charge >= 0.3 is 0 Å². The Labute approximate surface area is 127 Å². The number of hydrogen-bond acceptors (Lipinski definition) is 4. The second-order valence-corrected chi connectivity index (χ2v) is 7.31. The minimum absolute atomic E-state index is 0.244. The van der Waals surface area contributed by atoms with Crippen LogP contribution in [-0.4, -0.2) is 44.6 Å². The summed E-state index contributed by atoms with van der Waals surface area (Å²) in [5, 5.41) is 9.42. The summed E-state index contributed by atoms with van der Waals surface area (Å²) in [6.45, 7) is 5.32. The molecule has 0 aromatic heterocycles. The van der Waals surface area contributed by atoms with E-state index in [1.165, 1.54) is 25.0 Å². The average molecular weight is 312 g/mol. The van der Waals surface area contributed by atoms with Crippen LogP contribution in [0.2, 0.25) is 0 Å². The van der Waals surface area contributed by atoms with Crippen LogP contribution < -0.4 is 4.72 Å². The van der Waals surface area contributed by atoms with Crippen molar-refractivity contribution in [3.05, 3.63) is 29.8 Å². The Morgan fingerprint density at radius 1 is 1.24 bits per heavy atom. The van der Waals surface area contributed by atoms with Crippen LogP contribution in [-0.2, 0) is 10.0 Å². The Morgan fingerprint density at radius 2 is 1.86 bits per heavy atom. The number of nitrogens with zero attached hydrogens (tertiary/aromatic N) is 1. The minimum Gasteiger partial charge on any atom is -0.389 e. The van der Waals surface area contributed by atoms with Gasteiger partial charge in [-0.25, -0.2) is 13.1 Å². The van der Waals surface area contributed by atoms with Crippen LogP contribution in [0.3, 0.4) is 0 Å². The minimum atomic E-state index is -3.45. The number of likely N-dealkylation sites (tertiary alicyclic amines) is 1. The van der Waals surface area contributed by atoms with Gasteiger partial charge in [0.15, 0.2) is 0 Å². The van der Waals surface area contributed by atoms with Gasteiger partial charge in [-0.1, -0.05) is 12.1 Å². The van der Waals surface area contributed by atoms with Gasteiger partial charge in [-0.3, -0.25) is 0 Å². The molecule has 0 bridgehead atoms. The van der Waals surface area contributed by atoms with Gasteiger partial charge in [0, 0.05) is 6.54 Å². The van der Waals surface area contributed by atoms with Crippen LogP contribution in [0.4, 0.5) is 0 Å². The monoisotopic (exact) mass is 312 g/mol. The summed E-state index contributed by atoms with van der Waals surface area (Å²) in [7, 11) is -3.45. The first-order chi connectivity index (χ1) is 9.99. The van der Waals surface area contributed by atoms with Crippen LogP contribution in [0.15, 0.2) is 29.2 Å². The fraction of sp³-hybridized carbons (Fsp3) is 0.600. The molecule has 2 rings (SSSR count). The van der Waals surface area contributed by atoms with Gasteiger partial charge in [-0.2, -0.15) is 0 Å². The van der Waals surface area contributed by atoms with Gasteiger partial charge in [0.1, 0.15) is 0 Å². The van der Waals surface area contributed by atoms with E-state index in [1.54, 1.807) is 19.1 Å². The lowest BCUT2D eigenvalue weighted by atomic mass is 10.1. The number of rotatable bonds is 7. The standard InChI is InChI=1S/C15H24N2O3S/c1-13(18)14-5-7-15(8-6-14)21(19,20)16-9-4-12-17-10-2-3-11-17/h5-8,13,16,18H,2-4,9-12H2,1H3. The Bertz CT molecular complexity index is 535. The number of aliphatic hydroxyl groups excluding tert-OH is 1. The molecule has 1 aromatic rings. The largest absolute Gasteiger partial charge is 0.389 e. The van der Waals surface area contributed by atoms with Crippen LogP contribution in [0.25, 0.3) is 0 Å². The predicted molar refractivity (Wildman–Crippen MR) is 82.6 cm³/mol. The number of hydrogen-bond donors (Lipinski definition) is 2. The molecule has 5 nitrogen and oxygen atoms in total. The maximum atomic E-state index is 12.1. The molecule has 1 aliphatic rings. The Balaban J connectivity index is 1.83. The van der Waals surface area contributed by atoms with Crippen molar-refractivity contribution in [1.82, 2.24) is 9.62 Å². The lowest BCUT2D eigenvalue weighted by Gasteiger charge is -2.14. The van der Waals surface area contributed by atoms with Crippen molar-refractivity contribution >= 4 is 10.0 Å². The molecule has 0 spiro atoms. The zero-order chi connectivity index (χ0) is 15.3. The van der Waals surface area contributed by atoms with E-state index in [-0.39, 0.29) is 4.90 Å². The maximum Gasteiger partial charge on any atom is 0.240 e. The van der Waals surface area contributed by atoms with Gasteiger partial charge < -0.3 is 10.0 Å². The van der Waals surface area contributed by atoms with Crippen molar-refractivity contribution in [3.63, 3.8) is 0 Å². The summed E-state index contributed by atoms with van der Waals surface area (Å²) in [5.41, 5.74) is 0.711. The highest BCUT2D eigenvalue weighted by Crippen LogP contribution is 2.15. The van der Waals surface area contributed by atoms with E-state index < -0.39 is 16.1 Å². The Hall–Kier alpha value is -0.950. The van der Waals surface area contributed by atoms with E-state index in [0.717, 1.165) is 26.1 Å². The molecule has 1 aromatic carbocycles. The third kappa shape index (κ3) is 4.78. The van der Waals surface area contributed by atoms with Gasteiger partial charge in [0.2, 0.25) is 10.0 Å². The summed E-state index contributed by atoms with van der Waals surface area (Å²) in [6.07, 6.45) is 2.74. The highest BCUT2D eigenvalue weighted by molar-refractivity contribution is 7.89. The summed E-state index contributed by atoms with van der Waals surface area (Å²) in [6, 6.07) is 6.35. The smallest absolute Gasteiger partial charge is 0.240 e. The highest BCUT2D eigenvalue weighted by Gasteiger charge is 2.15. The molecule has 0 amide bonds. The summed E-state index contributed by atoms with van der Waals surface area (Å²) in [5.74, 6) is 0. The highest BCUT2D eigenvalue weighted by atomic mass is 32.2. The molecule has 1 saturated heterocycles. The van der Waals surface area contributed by atoms with Crippen molar-refractivity contribution in [3.8, 4) is 0 Å². The average Bonchev–Trinajstić information content (AvgIpc) is 2.97. The lowest BCUT2D eigenvalue weighted by molar-refractivity contribution is 0.199. The number of nitrogens with one attached hydrogen (secondary N) is 1. The van der Waals surface area contributed by atoms with Gasteiger partial charge in [-0.05, 0) is 63.5 Å². The molecule has 1 atom stereocenters. The third-order valence-corrected chi connectivity index (χ3v) is 5.29. The summed E-state index contributed by atoms with van der Waals surface area (Å²) < 4.78 is 26.9. The van der Waals surface area contributed by atoms with E-state index >= 15 is 0 Å². The lowest BCUT2D eigenvalue weighted by Crippen LogP contribution is -2.28. The van der Waals surface area contributed by atoms with E-state index in [1.807, 2.05) is 0 Å². The first kappa shape index (κ1) is 16.4. The molecule has 118 valence electrons. The summed E-state index contributed by atoms with van der Waals surface area (Å²) >= 11 is 0. The molecule has 1 aliphatic heterocycles.